The highest BCUT2D eigenvalue weighted by molar-refractivity contribution is 5.31. The standard InChI is InChI=1S/C10H14O3/c1-3-4-5-9-7(2)8(11)6-10(12)13-9/h6,11H,3-5H2,1-2H3. The molecule has 0 atom stereocenters. The number of rotatable bonds is 3. The third kappa shape index (κ3) is 2.34. The average molecular weight is 182 g/mol. The zero-order valence-electron chi connectivity index (χ0n) is 7.96. The summed E-state index contributed by atoms with van der Waals surface area (Å²) in [4.78, 5) is 10.9. The summed E-state index contributed by atoms with van der Waals surface area (Å²) in [6.07, 6.45) is 2.72. The smallest absolute Gasteiger partial charge is 0.339 e. The van der Waals surface area contributed by atoms with Gasteiger partial charge in [0.15, 0.2) is 0 Å². The number of aromatic hydroxyl groups is 1. The normalized spacial score (nSPS) is 10.3. The molecule has 0 unspecified atom stereocenters. The molecule has 1 heterocycles. The van der Waals surface area contributed by atoms with Gasteiger partial charge in [-0.3, -0.25) is 0 Å². The molecule has 0 radical (unpaired) electrons. The van der Waals surface area contributed by atoms with E-state index in [9.17, 15) is 9.90 Å². The van der Waals surface area contributed by atoms with E-state index >= 15 is 0 Å². The molecule has 0 aliphatic heterocycles. The third-order valence-electron chi connectivity index (χ3n) is 2.04. The van der Waals surface area contributed by atoms with E-state index in [1.807, 2.05) is 0 Å². The minimum absolute atomic E-state index is 0.0300. The molecule has 13 heavy (non-hydrogen) atoms. The van der Waals surface area contributed by atoms with Crippen LogP contribution in [-0.4, -0.2) is 5.11 Å². The van der Waals surface area contributed by atoms with Crippen LogP contribution in [0.1, 0.15) is 31.1 Å². The summed E-state index contributed by atoms with van der Waals surface area (Å²) in [5, 5.41) is 9.32. The molecule has 0 fully saturated rings. The molecule has 0 aromatic carbocycles. The van der Waals surface area contributed by atoms with Crippen molar-refractivity contribution >= 4 is 0 Å². The molecular formula is C10H14O3. The summed E-state index contributed by atoms with van der Waals surface area (Å²) < 4.78 is 4.98. The fourth-order valence-electron chi connectivity index (χ4n) is 1.17. The van der Waals surface area contributed by atoms with Crippen molar-refractivity contribution in [2.75, 3.05) is 0 Å². The first-order valence-electron chi connectivity index (χ1n) is 4.47. The fourth-order valence-corrected chi connectivity index (χ4v) is 1.17. The molecule has 72 valence electrons. The summed E-state index contributed by atoms with van der Waals surface area (Å²) in [7, 11) is 0. The van der Waals surface area contributed by atoms with Gasteiger partial charge in [0.2, 0.25) is 0 Å². The molecule has 1 aromatic rings. The van der Waals surface area contributed by atoms with Crippen LogP contribution in [0.3, 0.4) is 0 Å². The lowest BCUT2D eigenvalue weighted by Crippen LogP contribution is -2.02. The van der Waals surface area contributed by atoms with Crippen LogP contribution in [0.2, 0.25) is 0 Å². The Hall–Kier alpha value is -1.25. The fraction of sp³-hybridized carbons (Fsp3) is 0.500. The Morgan fingerprint density at radius 2 is 2.23 bits per heavy atom. The van der Waals surface area contributed by atoms with Gasteiger partial charge in [0, 0.05) is 12.0 Å². The highest BCUT2D eigenvalue weighted by Gasteiger charge is 2.06. The predicted octanol–water partition coefficient (Wildman–Crippen LogP) is 2.00. The van der Waals surface area contributed by atoms with Crippen molar-refractivity contribution in [3.63, 3.8) is 0 Å². The van der Waals surface area contributed by atoms with Gasteiger partial charge in [-0.15, -0.1) is 0 Å². The van der Waals surface area contributed by atoms with Crippen molar-refractivity contribution in [3.05, 3.63) is 27.8 Å². The van der Waals surface area contributed by atoms with Crippen molar-refractivity contribution in [2.45, 2.75) is 33.1 Å². The predicted molar refractivity (Wildman–Crippen MR) is 50.0 cm³/mol. The Labute approximate surface area is 77.0 Å². The number of hydrogen-bond donors (Lipinski definition) is 1. The van der Waals surface area contributed by atoms with E-state index in [1.165, 1.54) is 0 Å². The van der Waals surface area contributed by atoms with Gasteiger partial charge < -0.3 is 9.52 Å². The van der Waals surface area contributed by atoms with Gasteiger partial charge in [-0.05, 0) is 13.3 Å². The Bertz CT molecular complexity index is 339. The van der Waals surface area contributed by atoms with Gasteiger partial charge in [-0.1, -0.05) is 13.3 Å². The molecule has 1 aromatic heterocycles. The third-order valence-corrected chi connectivity index (χ3v) is 2.04. The van der Waals surface area contributed by atoms with Crippen LogP contribution in [0, 0.1) is 6.92 Å². The maximum atomic E-state index is 10.9. The van der Waals surface area contributed by atoms with Crippen molar-refractivity contribution in [1.82, 2.24) is 0 Å². The lowest BCUT2D eigenvalue weighted by molar-refractivity contribution is 0.413. The van der Waals surface area contributed by atoms with Crippen LogP contribution in [0.5, 0.6) is 5.75 Å². The second-order valence-corrected chi connectivity index (χ2v) is 3.10. The SMILES string of the molecule is CCCCc1oc(=O)cc(O)c1C. The second kappa shape index (κ2) is 4.12. The van der Waals surface area contributed by atoms with Crippen LogP contribution in [0.4, 0.5) is 0 Å². The van der Waals surface area contributed by atoms with Crippen LogP contribution in [-0.2, 0) is 6.42 Å². The Morgan fingerprint density at radius 3 is 2.85 bits per heavy atom. The maximum Gasteiger partial charge on any atom is 0.339 e. The monoisotopic (exact) mass is 182 g/mol. The summed E-state index contributed by atoms with van der Waals surface area (Å²) in [6.45, 7) is 3.82. The molecule has 0 saturated carbocycles. The van der Waals surface area contributed by atoms with E-state index in [1.54, 1.807) is 6.92 Å². The van der Waals surface area contributed by atoms with Crippen LogP contribution >= 0.6 is 0 Å². The van der Waals surface area contributed by atoms with Gasteiger partial charge in [0.1, 0.15) is 11.5 Å². The number of unbranched alkanes of at least 4 members (excludes halogenated alkanes) is 1. The van der Waals surface area contributed by atoms with Gasteiger partial charge in [0.25, 0.3) is 0 Å². The topological polar surface area (TPSA) is 50.4 Å². The molecule has 0 amide bonds. The average Bonchev–Trinajstić information content (AvgIpc) is 2.09. The quantitative estimate of drug-likeness (QED) is 0.777. The van der Waals surface area contributed by atoms with E-state index in [4.69, 9.17) is 4.42 Å². The first-order valence-corrected chi connectivity index (χ1v) is 4.47. The highest BCUT2D eigenvalue weighted by Crippen LogP contribution is 2.18. The maximum absolute atomic E-state index is 10.9. The molecule has 1 rings (SSSR count). The van der Waals surface area contributed by atoms with E-state index in [2.05, 4.69) is 6.92 Å². The molecule has 0 spiro atoms. The van der Waals surface area contributed by atoms with Crippen LogP contribution < -0.4 is 5.63 Å². The number of aryl methyl sites for hydroxylation is 1. The van der Waals surface area contributed by atoms with E-state index in [0.717, 1.165) is 18.9 Å². The molecule has 1 N–H and O–H groups in total. The van der Waals surface area contributed by atoms with Gasteiger partial charge in [0.05, 0.1) is 6.07 Å². The van der Waals surface area contributed by atoms with E-state index in [0.29, 0.717) is 17.7 Å². The lowest BCUT2D eigenvalue weighted by Gasteiger charge is -2.03. The van der Waals surface area contributed by atoms with Gasteiger partial charge in [-0.25, -0.2) is 4.79 Å². The lowest BCUT2D eigenvalue weighted by atomic mass is 10.1. The first kappa shape index (κ1) is 9.84. The van der Waals surface area contributed by atoms with Crippen LogP contribution in [0.25, 0.3) is 0 Å². The highest BCUT2D eigenvalue weighted by atomic mass is 16.4. The van der Waals surface area contributed by atoms with Crippen molar-refractivity contribution in [3.8, 4) is 5.75 Å². The zero-order chi connectivity index (χ0) is 9.84. The summed E-state index contributed by atoms with van der Waals surface area (Å²) in [5.74, 6) is 0.634. The zero-order valence-corrected chi connectivity index (χ0v) is 7.96. The Balaban J connectivity index is 2.99. The van der Waals surface area contributed by atoms with Gasteiger partial charge >= 0.3 is 5.63 Å². The summed E-state index contributed by atoms with van der Waals surface area (Å²) >= 11 is 0. The van der Waals surface area contributed by atoms with Crippen LogP contribution in [0.15, 0.2) is 15.3 Å². The van der Waals surface area contributed by atoms with E-state index < -0.39 is 5.63 Å². The minimum Gasteiger partial charge on any atom is -0.507 e. The van der Waals surface area contributed by atoms with Gasteiger partial charge in [-0.2, -0.15) is 0 Å². The number of hydrogen-bond acceptors (Lipinski definition) is 3. The van der Waals surface area contributed by atoms with Crippen molar-refractivity contribution in [2.24, 2.45) is 0 Å². The molecular weight excluding hydrogens is 168 g/mol. The second-order valence-electron chi connectivity index (χ2n) is 3.10. The molecule has 3 nitrogen and oxygen atoms in total. The summed E-state index contributed by atoms with van der Waals surface area (Å²) in [5.41, 5.74) is 0.197. The molecule has 0 aliphatic carbocycles. The first-order chi connectivity index (χ1) is 6.15. The molecule has 3 heteroatoms. The molecule has 0 saturated heterocycles. The largest absolute Gasteiger partial charge is 0.507 e. The van der Waals surface area contributed by atoms with Crippen molar-refractivity contribution < 1.29 is 9.52 Å². The Morgan fingerprint density at radius 1 is 1.54 bits per heavy atom. The Kier molecular flexibility index (Phi) is 3.12. The summed E-state index contributed by atoms with van der Waals surface area (Å²) in [6, 6.07) is 1.10. The molecule has 0 bridgehead atoms. The molecule has 0 aliphatic rings. The van der Waals surface area contributed by atoms with E-state index in [-0.39, 0.29) is 5.75 Å². The van der Waals surface area contributed by atoms with Crippen molar-refractivity contribution in [1.29, 1.82) is 0 Å². The minimum atomic E-state index is -0.478.